The second kappa shape index (κ2) is 7.29. The van der Waals surface area contributed by atoms with Crippen molar-refractivity contribution in [1.82, 2.24) is 0 Å². The summed E-state index contributed by atoms with van der Waals surface area (Å²) in [4.78, 5) is 12.6. The van der Waals surface area contributed by atoms with E-state index in [4.69, 9.17) is 4.74 Å². The molecule has 1 atom stereocenters. The van der Waals surface area contributed by atoms with Crippen LogP contribution in [0.3, 0.4) is 0 Å². The molecule has 6 nitrogen and oxygen atoms in total. The molecule has 0 aromatic heterocycles. The van der Waals surface area contributed by atoms with Crippen LogP contribution in [-0.4, -0.2) is 33.2 Å². The summed E-state index contributed by atoms with van der Waals surface area (Å²) in [5, 5.41) is 2.43. The number of amides is 1. The Morgan fingerprint density at radius 3 is 2.41 bits per heavy atom. The summed E-state index contributed by atoms with van der Waals surface area (Å²) in [7, 11) is -3.69. The molecule has 1 N–H and O–H groups in total. The van der Waals surface area contributed by atoms with E-state index in [-0.39, 0.29) is 23.4 Å². The lowest BCUT2D eigenvalue weighted by Gasteiger charge is -2.35. The summed E-state index contributed by atoms with van der Waals surface area (Å²) in [6.07, 6.45) is -0.110. The molecule has 0 radical (unpaired) electrons. The summed E-state index contributed by atoms with van der Waals surface area (Å²) < 4.78 is 58.0. The Hall–Kier alpha value is -2.68. The third-order valence-corrected chi connectivity index (χ3v) is 5.72. The van der Waals surface area contributed by atoms with Gasteiger partial charge in [0, 0.05) is 11.8 Å². The molecule has 2 aromatic carbocycles. The standard InChI is InChI=1S/C20H22F2N2O4S/c1-20(2,3)12-5-8-17-16(9-12)24(29(4,26)27)11-18(28-17)19(25)23-13-6-7-14(21)15(22)10-13/h5-10,18H,11H2,1-4H3,(H,23,25)/t18-/m0/s1. The zero-order valence-corrected chi connectivity index (χ0v) is 17.3. The van der Waals surface area contributed by atoms with Crippen molar-refractivity contribution in [2.45, 2.75) is 32.3 Å². The highest BCUT2D eigenvalue weighted by molar-refractivity contribution is 7.92. The summed E-state index contributed by atoms with van der Waals surface area (Å²) in [6.45, 7) is 5.76. The Morgan fingerprint density at radius 2 is 1.83 bits per heavy atom. The molecule has 0 fully saturated rings. The lowest BCUT2D eigenvalue weighted by atomic mass is 9.86. The first-order chi connectivity index (χ1) is 13.4. The van der Waals surface area contributed by atoms with Crippen molar-refractivity contribution in [3.8, 4) is 5.75 Å². The summed E-state index contributed by atoms with van der Waals surface area (Å²) >= 11 is 0. The van der Waals surface area contributed by atoms with Crippen LogP contribution in [0.25, 0.3) is 0 Å². The van der Waals surface area contributed by atoms with Gasteiger partial charge in [0.15, 0.2) is 17.7 Å². The van der Waals surface area contributed by atoms with Crippen molar-refractivity contribution in [3.63, 3.8) is 0 Å². The number of carbonyl (C=O) groups is 1. The van der Waals surface area contributed by atoms with Crippen LogP contribution in [0.2, 0.25) is 0 Å². The molecule has 1 amide bonds. The number of ether oxygens (including phenoxy) is 1. The highest BCUT2D eigenvalue weighted by Gasteiger charge is 2.36. The molecule has 0 aliphatic carbocycles. The van der Waals surface area contributed by atoms with Crippen molar-refractivity contribution >= 4 is 27.3 Å². The van der Waals surface area contributed by atoms with Gasteiger partial charge in [-0.05, 0) is 35.2 Å². The maximum atomic E-state index is 13.4. The molecule has 0 bridgehead atoms. The lowest BCUT2D eigenvalue weighted by molar-refractivity contribution is -0.122. The van der Waals surface area contributed by atoms with Crippen molar-refractivity contribution < 1.29 is 26.7 Å². The molecule has 9 heteroatoms. The highest BCUT2D eigenvalue weighted by Crippen LogP contribution is 2.38. The molecule has 3 rings (SSSR count). The quantitative estimate of drug-likeness (QED) is 0.819. The Kier molecular flexibility index (Phi) is 5.29. The number of nitrogens with one attached hydrogen (secondary N) is 1. The minimum atomic E-state index is -3.69. The first kappa shape index (κ1) is 21.0. The van der Waals surface area contributed by atoms with E-state index in [0.29, 0.717) is 5.69 Å². The molecular formula is C20H22F2N2O4S. The minimum absolute atomic E-state index is 0.0392. The fourth-order valence-electron chi connectivity index (χ4n) is 2.97. The van der Waals surface area contributed by atoms with Crippen molar-refractivity contribution in [2.75, 3.05) is 22.4 Å². The molecule has 1 heterocycles. The third kappa shape index (κ3) is 4.50. The topological polar surface area (TPSA) is 75.7 Å². The zero-order chi connectivity index (χ0) is 21.6. The maximum Gasteiger partial charge on any atom is 0.267 e. The van der Waals surface area contributed by atoms with E-state index in [9.17, 15) is 22.0 Å². The largest absolute Gasteiger partial charge is 0.476 e. The number of anilines is 2. The molecule has 2 aromatic rings. The molecule has 1 aliphatic rings. The summed E-state index contributed by atoms with van der Waals surface area (Å²) in [5.41, 5.74) is 1.10. The van der Waals surface area contributed by atoms with E-state index in [0.717, 1.165) is 28.3 Å². The summed E-state index contributed by atoms with van der Waals surface area (Å²) in [5.74, 6) is -2.57. The number of halogens is 2. The number of rotatable bonds is 3. The van der Waals surface area contributed by atoms with E-state index in [1.54, 1.807) is 12.1 Å². The monoisotopic (exact) mass is 424 g/mol. The van der Waals surface area contributed by atoms with Gasteiger partial charge in [-0.2, -0.15) is 0 Å². The maximum absolute atomic E-state index is 13.4. The Morgan fingerprint density at radius 1 is 1.14 bits per heavy atom. The number of nitrogens with zero attached hydrogens (tertiary/aromatic N) is 1. The molecular weight excluding hydrogens is 402 g/mol. The summed E-state index contributed by atoms with van der Waals surface area (Å²) in [6, 6.07) is 8.11. The number of fused-ring (bicyclic) bond motifs is 1. The van der Waals surface area contributed by atoms with Crippen LogP contribution >= 0.6 is 0 Å². The second-order valence-corrected chi connectivity index (χ2v) is 9.86. The van der Waals surface area contributed by atoms with E-state index >= 15 is 0 Å². The smallest absolute Gasteiger partial charge is 0.267 e. The molecule has 29 heavy (non-hydrogen) atoms. The van der Waals surface area contributed by atoms with Crippen LogP contribution in [0.15, 0.2) is 36.4 Å². The van der Waals surface area contributed by atoms with Crippen LogP contribution in [0.4, 0.5) is 20.2 Å². The molecule has 0 saturated carbocycles. The third-order valence-electron chi connectivity index (χ3n) is 4.57. The van der Waals surface area contributed by atoms with E-state index in [1.165, 1.54) is 6.07 Å². The average Bonchev–Trinajstić information content (AvgIpc) is 2.61. The van der Waals surface area contributed by atoms with Crippen molar-refractivity contribution in [1.29, 1.82) is 0 Å². The number of hydrogen-bond donors (Lipinski definition) is 1. The van der Waals surface area contributed by atoms with Crippen LogP contribution in [-0.2, 0) is 20.2 Å². The first-order valence-corrected chi connectivity index (χ1v) is 10.8. The van der Waals surface area contributed by atoms with Gasteiger partial charge in [0.05, 0.1) is 18.5 Å². The van der Waals surface area contributed by atoms with Gasteiger partial charge in [-0.15, -0.1) is 0 Å². The average molecular weight is 424 g/mol. The predicted molar refractivity (Wildman–Crippen MR) is 107 cm³/mol. The Balaban J connectivity index is 1.92. The van der Waals surface area contributed by atoms with Gasteiger partial charge in [-0.25, -0.2) is 17.2 Å². The fourth-order valence-corrected chi connectivity index (χ4v) is 3.87. The van der Waals surface area contributed by atoms with E-state index in [1.807, 2.05) is 26.8 Å². The SMILES string of the molecule is CC(C)(C)c1ccc2c(c1)N(S(C)(=O)=O)C[C@@H](C(=O)Nc1ccc(F)c(F)c1)O2. The Labute approximate surface area is 168 Å². The van der Waals surface area contributed by atoms with Gasteiger partial charge in [-0.1, -0.05) is 26.8 Å². The highest BCUT2D eigenvalue weighted by atomic mass is 32.2. The van der Waals surface area contributed by atoms with Crippen molar-refractivity contribution in [3.05, 3.63) is 53.6 Å². The van der Waals surface area contributed by atoms with Crippen molar-refractivity contribution in [2.24, 2.45) is 0 Å². The molecule has 156 valence electrons. The molecule has 1 aliphatic heterocycles. The van der Waals surface area contributed by atoms with E-state index < -0.39 is 33.7 Å². The van der Waals surface area contributed by atoms with E-state index in [2.05, 4.69) is 5.32 Å². The van der Waals surface area contributed by atoms with Gasteiger partial charge in [-0.3, -0.25) is 9.10 Å². The number of benzene rings is 2. The lowest BCUT2D eigenvalue weighted by Crippen LogP contribution is -2.48. The molecule has 0 saturated heterocycles. The van der Waals surface area contributed by atoms with Crippen LogP contribution in [0.5, 0.6) is 5.75 Å². The fraction of sp³-hybridized carbons (Fsp3) is 0.350. The Bertz CT molecular complexity index is 1060. The zero-order valence-electron chi connectivity index (χ0n) is 16.5. The molecule has 0 unspecified atom stereocenters. The van der Waals surface area contributed by atoms with Crippen LogP contribution in [0.1, 0.15) is 26.3 Å². The normalized spacial score (nSPS) is 16.8. The first-order valence-electron chi connectivity index (χ1n) is 8.91. The number of hydrogen-bond acceptors (Lipinski definition) is 4. The van der Waals surface area contributed by atoms with Crippen LogP contribution in [0, 0.1) is 11.6 Å². The molecule has 0 spiro atoms. The minimum Gasteiger partial charge on any atom is -0.476 e. The van der Waals surface area contributed by atoms with Gasteiger partial charge < -0.3 is 10.1 Å². The second-order valence-electron chi connectivity index (χ2n) is 7.95. The van der Waals surface area contributed by atoms with Gasteiger partial charge >= 0.3 is 0 Å². The van der Waals surface area contributed by atoms with Gasteiger partial charge in [0.1, 0.15) is 5.75 Å². The van der Waals surface area contributed by atoms with Gasteiger partial charge in [0.25, 0.3) is 5.91 Å². The van der Waals surface area contributed by atoms with Crippen LogP contribution < -0.4 is 14.4 Å². The number of sulfonamides is 1. The number of carbonyl (C=O) groups excluding carboxylic acids is 1. The van der Waals surface area contributed by atoms with Gasteiger partial charge in [0.2, 0.25) is 10.0 Å². The predicted octanol–water partition coefficient (Wildman–Crippen LogP) is 3.43.